The van der Waals surface area contributed by atoms with Crippen LogP contribution in [-0.4, -0.2) is 57.3 Å². The highest BCUT2D eigenvalue weighted by Crippen LogP contribution is 2.38. The molecule has 29 heavy (non-hydrogen) atoms. The molecule has 0 saturated carbocycles. The van der Waals surface area contributed by atoms with Gasteiger partial charge in [0.15, 0.2) is 0 Å². The monoisotopic (exact) mass is 391 g/mol. The number of hydrogen-bond donors (Lipinski definition) is 1. The number of fused-ring (bicyclic) bond motifs is 4. The highest BCUT2D eigenvalue weighted by atomic mass is 16.2. The van der Waals surface area contributed by atoms with Crippen molar-refractivity contribution in [1.29, 1.82) is 0 Å². The Bertz CT molecular complexity index is 918. The summed E-state index contributed by atoms with van der Waals surface area (Å²) in [5.74, 6) is 1.65. The zero-order valence-electron chi connectivity index (χ0n) is 16.3. The first kappa shape index (κ1) is 18.1. The molecule has 4 heterocycles. The van der Waals surface area contributed by atoms with E-state index in [0.29, 0.717) is 41.7 Å². The molecule has 3 atom stereocenters. The molecule has 2 aromatic rings. The molecular formula is C22H25N5O2. The molecule has 3 fully saturated rings. The maximum Gasteiger partial charge on any atom is 0.253 e. The molecule has 1 aromatic carbocycles. The number of benzene rings is 1. The standard InChI is InChI=1S/C22H25N5O2/c28-20-7-2-6-19-17-10-15(13-27(19)20)12-26(14-17)21(29)16-4-1-5-18(11-16)25-22-23-8-3-9-24-22/h1,3-5,8-9,11,15,17,19H,2,6-7,10,12-14H2,(H,23,24,25). The van der Waals surface area contributed by atoms with Crippen molar-refractivity contribution in [2.45, 2.75) is 31.7 Å². The largest absolute Gasteiger partial charge is 0.339 e. The van der Waals surface area contributed by atoms with Crippen LogP contribution in [0.4, 0.5) is 11.6 Å². The summed E-state index contributed by atoms with van der Waals surface area (Å²) in [5.41, 5.74) is 1.46. The minimum Gasteiger partial charge on any atom is -0.339 e. The predicted molar refractivity (Wildman–Crippen MR) is 109 cm³/mol. The van der Waals surface area contributed by atoms with E-state index in [1.165, 1.54) is 0 Å². The van der Waals surface area contributed by atoms with E-state index in [9.17, 15) is 9.59 Å². The average Bonchev–Trinajstić information content (AvgIpc) is 2.75. The number of amides is 2. The number of aromatic nitrogens is 2. The van der Waals surface area contributed by atoms with Crippen molar-refractivity contribution in [2.75, 3.05) is 25.0 Å². The Morgan fingerprint density at radius 2 is 1.97 bits per heavy atom. The second kappa shape index (κ2) is 7.46. The van der Waals surface area contributed by atoms with Crippen molar-refractivity contribution in [1.82, 2.24) is 19.8 Å². The number of anilines is 2. The fraction of sp³-hybridized carbons (Fsp3) is 0.455. The van der Waals surface area contributed by atoms with Gasteiger partial charge in [-0.3, -0.25) is 9.59 Å². The maximum absolute atomic E-state index is 13.2. The topological polar surface area (TPSA) is 78.4 Å². The molecule has 7 heteroatoms. The van der Waals surface area contributed by atoms with Crippen LogP contribution in [0.1, 0.15) is 36.0 Å². The molecule has 0 aliphatic carbocycles. The van der Waals surface area contributed by atoms with Gasteiger partial charge in [0, 0.05) is 55.7 Å². The van der Waals surface area contributed by atoms with Gasteiger partial charge in [-0.1, -0.05) is 6.07 Å². The number of nitrogens with zero attached hydrogens (tertiary/aromatic N) is 4. The molecule has 150 valence electrons. The van der Waals surface area contributed by atoms with Crippen molar-refractivity contribution in [3.63, 3.8) is 0 Å². The quantitative estimate of drug-likeness (QED) is 0.870. The van der Waals surface area contributed by atoms with Crippen LogP contribution in [0.25, 0.3) is 0 Å². The van der Waals surface area contributed by atoms with E-state index in [2.05, 4.69) is 20.2 Å². The van der Waals surface area contributed by atoms with E-state index in [1.54, 1.807) is 18.5 Å². The van der Waals surface area contributed by atoms with Gasteiger partial charge >= 0.3 is 0 Å². The van der Waals surface area contributed by atoms with E-state index in [4.69, 9.17) is 0 Å². The number of rotatable bonds is 3. The number of likely N-dealkylation sites (tertiary alicyclic amines) is 1. The molecular weight excluding hydrogens is 366 g/mol. The zero-order chi connectivity index (χ0) is 19.8. The first-order valence-corrected chi connectivity index (χ1v) is 10.4. The summed E-state index contributed by atoms with van der Waals surface area (Å²) in [6, 6.07) is 9.58. The summed E-state index contributed by atoms with van der Waals surface area (Å²) < 4.78 is 0. The normalized spacial score (nSPS) is 26.1. The summed E-state index contributed by atoms with van der Waals surface area (Å²) >= 11 is 0. The lowest BCUT2D eigenvalue weighted by molar-refractivity contribution is -0.144. The Balaban J connectivity index is 1.31. The Labute approximate surface area is 170 Å². The van der Waals surface area contributed by atoms with Crippen LogP contribution in [0.15, 0.2) is 42.7 Å². The second-order valence-corrected chi connectivity index (χ2v) is 8.36. The maximum atomic E-state index is 13.2. The highest BCUT2D eigenvalue weighted by Gasteiger charge is 2.44. The summed E-state index contributed by atoms with van der Waals surface area (Å²) in [6.07, 6.45) is 7.22. The van der Waals surface area contributed by atoms with Gasteiger partial charge in [-0.25, -0.2) is 9.97 Å². The molecule has 0 radical (unpaired) electrons. The third kappa shape index (κ3) is 3.57. The molecule has 7 nitrogen and oxygen atoms in total. The molecule has 1 aromatic heterocycles. The molecule has 3 aliphatic heterocycles. The Morgan fingerprint density at radius 1 is 1.10 bits per heavy atom. The van der Waals surface area contributed by atoms with Crippen LogP contribution in [0.3, 0.4) is 0 Å². The number of carbonyl (C=O) groups excluding carboxylic acids is 2. The van der Waals surface area contributed by atoms with Crippen LogP contribution in [-0.2, 0) is 4.79 Å². The fourth-order valence-corrected chi connectivity index (χ4v) is 5.18. The molecule has 3 unspecified atom stereocenters. The van der Waals surface area contributed by atoms with Gasteiger partial charge in [0.1, 0.15) is 0 Å². The van der Waals surface area contributed by atoms with E-state index in [1.807, 2.05) is 29.2 Å². The fourth-order valence-electron chi connectivity index (χ4n) is 5.18. The second-order valence-electron chi connectivity index (χ2n) is 8.36. The average molecular weight is 391 g/mol. The first-order chi connectivity index (χ1) is 14.2. The number of piperidine rings is 3. The Kier molecular flexibility index (Phi) is 4.66. The Morgan fingerprint density at radius 3 is 2.83 bits per heavy atom. The summed E-state index contributed by atoms with van der Waals surface area (Å²) in [4.78, 5) is 38.0. The summed E-state index contributed by atoms with van der Waals surface area (Å²) in [5, 5.41) is 3.15. The summed E-state index contributed by atoms with van der Waals surface area (Å²) in [6.45, 7) is 2.27. The molecule has 2 amide bonds. The van der Waals surface area contributed by atoms with Gasteiger partial charge in [-0.05, 0) is 55.4 Å². The predicted octanol–water partition coefficient (Wildman–Crippen LogP) is 2.69. The SMILES string of the molecule is O=C(c1cccc(Nc2ncccn2)c1)N1CC2CC(C1)C1CCCC(=O)N1C2. The smallest absolute Gasteiger partial charge is 0.253 e. The number of carbonyl (C=O) groups is 2. The lowest BCUT2D eigenvalue weighted by Crippen LogP contribution is -2.61. The van der Waals surface area contributed by atoms with Gasteiger partial charge < -0.3 is 15.1 Å². The van der Waals surface area contributed by atoms with E-state index < -0.39 is 0 Å². The number of nitrogens with one attached hydrogen (secondary N) is 1. The van der Waals surface area contributed by atoms with Crippen molar-refractivity contribution < 1.29 is 9.59 Å². The van der Waals surface area contributed by atoms with E-state index in [-0.39, 0.29) is 5.91 Å². The van der Waals surface area contributed by atoms with Crippen molar-refractivity contribution in [2.24, 2.45) is 11.8 Å². The van der Waals surface area contributed by atoms with Crippen LogP contribution in [0, 0.1) is 11.8 Å². The zero-order valence-corrected chi connectivity index (χ0v) is 16.3. The molecule has 5 rings (SSSR count). The third-order valence-electron chi connectivity index (χ3n) is 6.40. The van der Waals surface area contributed by atoms with Crippen molar-refractivity contribution in [3.8, 4) is 0 Å². The van der Waals surface area contributed by atoms with Crippen LogP contribution >= 0.6 is 0 Å². The molecule has 2 bridgehead atoms. The van der Waals surface area contributed by atoms with Gasteiger partial charge in [-0.15, -0.1) is 0 Å². The number of hydrogen-bond acceptors (Lipinski definition) is 5. The lowest BCUT2D eigenvalue weighted by Gasteiger charge is -2.52. The van der Waals surface area contributed by atoms with Gasteiger partial charge in [0.05, 0.1) is 0 Å². The van der Waals surface area contributed by atoms with Gasteiger partial charge in [0.2, 0.25) is 11.9 Å². The van der Waals surface area contributed by atoms with Crippen molar-refractivity contribution >= 4 is 23.5 Å². The van der Waals surface area contributed by atoms with Gasteiger partial charge in [0.25, 0.3) is 5.91 Å². The highest BCUT2D eigenvalue weighted by molar-refractivity contribution is 5.95. The summed E-state index contributed by atoms with van der Waals surface area (Å²) in [7, 11) is 0. The van der Waals surface area contributed by atoms with Crippen LogP contribution < -0.4 is 5.32 Å². The van der Waals surface area contributed by atoms with Crippen molar-refractivity contribution in [3.05, 3.63) is 48.3 Å². The van der Waals surface area contributed by atoms with Crippen LogP contribution in [0.2, 0.25) is 0 Å². The third-order valence-corrected chi connectivity index (χ3v) is 6.40. The first-order valence-electron chi connectivity index (χ1n) is 10.4. The molecule has 0 spiro atoms. The molecule has 3 aliphatic rings. The van der Waals surface area contributed by atoms with E-state index in [0.717, 1.165) is 44.6 Å². The Hall–Kier alpha value is -2.96. The molecule has 1 N–H and O–H groups in total. The van der Waals surface area contributed by atoms with Crippen LogP contribution in [0.5, 0.6) is 0 Å². The van der Waals surface area contributed by atoms with E-state index >= 15 is 0 Å². The minimum atomic E-state index is 0.0629. The van der Waals surface area contributed by atoms with Gasteiger partial charge in [-0.2, -0.15) is 0 Å². The minimum absolute atomic E-state index is 0.0629. The molecule has 3 saturated heterocycles. The lowest BCUT2D eigenvalue weighted by atomic mass is 9.76.